The molecule has 9 heteroatoms. The van der Waals surface area contributed by atoms with E-state index in [0.717, 1.165) is 10.5 Å². The zero-order valence-corrected chi connectivity index (χ0v) is 19.0. The third-order valence-electron chi connectivity index (χ3n) is 4.24. The monoisotopic (exact) mass is 510 g/mol. The number of benzene rings is 2. The number of imide groups is 1. The summed E-state index contributed by atoms with van der Waals surface area (Å²) < 4.78 is 12.0. The molecule has 156 valence electrons. The normalized spacial score (nSPS) is 14.8. The fourth-order valence-electron chi connectivity index (χ4n) is 2.75. The highest BCUT2D eigenvalue weighted by atomic mass is 79.9. The molecule has 0 bridgehead atoms. The van der Waals surface area contributed by atoms with Crippen molar-refractivity contribution in [3.05, 3.63) is 74.3 Å². The first kappa shape index (κ1) is 22.2. The highest BCUT2D eigenvalue weighted by Crippen LogP contribution is 2.35. The molecular weight excluding hydrogens is 495 g/mol. The summed E-state index contributed by atoms with van der Waals surface area (Å²) in [4.78, 5) is 25.4. The van der Waals surface area contributed by atoms with E-state index in [9.17, 15) is 9.59 Å². The maximum absolute atomic E-state index is 12.4. The van der Waals surface area contributed by atoms with E-state index < -0.39 is 11.9 Å². The molecule has 0 aromatic heterocycles. The molecule has 2 aromatic rings. The molecule has 1 heterocycles. The number of rotatable bonds is 7. The van der Waals surface area contributed by atoms with E-state index >= 15 is 0 Å². The van der Waals surface area contributed by atoms with Crippen molar-refractivity contribution < 1.29 is 19.1 Å². The fourth-order valence-corrected chi connectivity index (χ4v) is 3.50. The van der Waals surface area contributed by atoms with E-state index in [0.29, 0.717) is 31.6 Å². The number of carbonyl (C=O) groups excluding carboxylic acids is 2. The van der Waals surface area contributed by atoms with Crippen LogP contribution in [0.15, 0.2) is 53.2 Å². The number of amides is 3. The second-order valence-corrected chi connectivity index (χ2v) is 7.92. The number of nitrogens with one attached hydrogen (secondary N) is 1. The summed E-state index contributed by atoms with van der Waals surface area (Å²) in [5, 5.41) is 3.47. The van der Waals surface area contributed by atoms with Crippen LogP contribution in [0.5, 0.6) is 11.5 Å². The van der Waals surface area contributed by atoms with Gasteiger partial charge in [0.2, 0.25) is 0 Å². The second-order valence-electron chi connectivity index (χ2n) is 6.25. The van der Waals surface area contributed by atoms with Crippen molar-refractivity contribution >= 4 is 57.1 Å². The van der Waals surface area contributed by atoms with Gasteiger partial charge in [-0.15, -0.1) is 6.58 Å². The Labute approximate surface area is 192 Å². The topological polar surface area (TPSA) is 67.9 Å². The lowest BCUT2D eigenvalue weighted by Gasteiger charge is -2.13. The van der Waals surface area contributed by atoms with Crippen LogP contribution in [0.1, 0.15) is 11.1 Å². The first-order chi connectivity index (χ1) is 14.3. The molecule has 1 saturated heterocycles. The predicted octanol–water partition coefficient (Wildman–Crippen LogP) is 5.42. The number of halogens is 3. The largest absolute Gasteiger partial charge is 0.493 e. The molecule has 3 amide bonds. The summed E-state index contributed by atoms with van der Waals surface area (Å²) >= 11 is 15.5. The third-order valence-corrected chi connectivity index (χ3v) is 5.66. The SMILES string of the molecule is C=CCN1C(=O)N/C(=C/c2cc(OC)c(OCc3ccc(Cl)c(Cl)c3)cc2Br)C1=O. The van der Waals surface area contributed by atoms with E-state index in [1.165, 1.54) is 13.2 Å². The summed E-state index contributed by atoms with van der Waals surface area (Å²) in [6, 6.07) is 8.19. The van der Waals surface area contributed by atoms with Crippen molar-refractivity contribution in [3.63, 3.8) is 0 Å². The van der Waals surface area contributed by atoms with Crippen LogP contribution in [-0.2, 0) is 11.4 Å². The molecule has 1 aliphatic heterocycles. The zero-order chi connectivity index (χ0) is 21.8. The average molecular weight is 512 g/mol. The summed E-state index contributed by atoms with van der Waals surface area (Å²) in [6.45, 7) is 3.94. The van der Waals surface area contributed by atoms with Crippen molar-refractivity contribution in [2.45, 2.75) is 6.61 Å². The lowest BCUT2D eigenvalue weighted by molar-refractivity contribution is -0.122. The molecule has 1 N–H and O–H groups in total. The molecule has 0 spiro atoms. The highest BCUT2D eigenvalue weighted by molar-refractivity contribution is 9.10. The van der Waals surface area contributed by atoms with Crippen LogP contribution in [0.4, 0.5) is 4.79 Å². The van der Waals surface area contributed by atoms with Crippen LogP contribution in [0.2, 0.25) is 10.0 Å². The number of carbonyl (C=O) groups is 2. The maximum Gasteiger partial charge on any atom is 0.329 e. The van der Waals surface area contributed by atoms with E-state index in [1.54, 1.807) is 30.3 Å². The summed E-state index contributed by atoms with van der Waals surface area (Å²) in [5.74, 6) is 0.531. The highest BCUT2D eigenvalue weighted by Gasteiger charge is 2.32. The van der Waals surface area contributed by atoms with Crippen LogP contribution in [-0.4, -0.2) is 30.5 Å². The first-order valence-corrected chi connectivity index (χ1v) is 10.3. The molecule has 0 aliphatic carbocycles. The molecule has 2 aromatic carbocycles. The van der Waals surface area contributed by atoms with Crippen LogP contribution in [0.25, 0.3) is 6.08 Å². The van der Waals surface area contributed by atoms with Crippen molar-refractivity contribution in [2.75, 3.05) is 13.7 Å². The standard InChI is InChI=1S/C21H17BrCl2N2O4/c1-3-6-26-20(27)17(25-21(26)28)8-13-9-18(29-2)19(10-14(13)22)30-11-12-4-5-15(23)16(24)7-12/h3-5,7-10H,1,6,11H2,2H3,(H,25,28)/b17-8+. The first-order valence-electron chi connectivity index (χ1n) is 8.73. The van der Waals surface area contributed by atoms with Crippen molar-refractivity contribution in [1.82, 2.24) is 10.2 Å². The van der Waals surface area contributed by atoms with Crippen molar-refractivity contribution in [2.24, 2.45) is 0 Å². The molecule has 0 saturated carbocycles. The number of ether oxygens (including phenoxy) is 2. The summed E-state index contributed by atoms with van der Waals surface area (Å²) in [5.41, 5.74) is 1.64. The smallest absolute Gasteiger partial charge is 0.329 e. The number of hydrogen-bond acceptors (Lipinski definition) is 4. The van der Waals surface area contributed by atoms with Gasteiger partial charge in [-0.25, -0.2) is 4.79 Å². The second kappa shape index (κ2) is 9.55. The van der Waals surface area contributed by atoms with E-state index in [1.807, 2.05) is 6.07 Å². The van der Waals surface area contributed by atoms with Crippen molar-refractivity contribution in [3.8, 4) is 11.5 Å². The van der Waals surface area contributed by atoms with Gasteiger partial charge in [0.05, 0.1) is 17.2 Å². The van der Waals surface area contributed by atoms with Crippen molar-refractivity contribution in [1.29, 1.82) is 0 Å². The Kier molecular flexibility index (Phi) is 7.07. The molecule has 6 nitrogen and oxygen atoms in total. The van der Waals surface area contributed by atoms with Crippen LogP contribution < -0.4 is 14.8 Å². The fraction of sp³-hybridized carbons (Fsp3) is 0.143. The Morgan fingerprint density at radius 3 is 2.60 bits per heavy atom. The lowest BCUT2D eigenvalue weighted by atomic mass is 10.1. The molecule has 1 aliphatic rings. The van der Waals surface area contributed by atoms with Gasteiger partial charge in [-0.1, -0.05) is 51.3 Å². The minimum absolute atomic E-state index is 0.133. The Hall–Kier alpha value is -2.48. The van der Waals surface area contributed by atoms with Crippen LogP contribution in [0.3, 0.4) is 0 Å². The number of urea groups is 1. The Bertz CT molecular complexity index is 1060. The maximum atomic E-state index is 12.4. The van der Waals surface area contributed by atoms with E-state index in [2.05, 4.69) is 27.8 Å². The molecule has 0 unspecified atom stereocenters. The Balaban J connectivity index is 1.83. The third kappa shape index (κ3) is 4.80. The molecular formula is C21H17BrCl2N2O4. The summed E-state index contributed by atoms with van der Waals surface area (Å²) in [7, 11) is 1.51. The van der Waals surface area contributed by atoms with Gasteiger partial charge in [-0.05, 0) is 41.5 Å². The number of nitrogens with zero attached hydrogens (tertiary/aromatic N) is 1. The minimum atomic E-state index is -0.490. The van der Waals surface area contributed by atoms with Gasteiger partial charge < -0.3 is 14.8 Å². The minimum Gasteiger partial charge on any atom is -0.493 e. The molecule has 0 atom stereocenters. The molecule has 1 fully saturated rings. The average Bonchev–Trinajstić information content (AvgIpc) is 2.98. The lowest BCUT2D eigenvalue weighted by Crippen LogP contribution is -2.30. The number of hydrogen-bond donors (Lipinski definition) is 1. The summed E-state index contributed by atoms with van der Waals surface area (Å²) in [6.07, 6.45) is 3.05. The van der Waals surface area contributed by atoms with Gasteiger partial charge in [-0.3, -0.25) is 9.69 Å². The Morgan fingerprint density at radius 1 is 1.17 bits per heavy atom. The van der Waals surface area contributed by atoms with Crippen LogP contribution >= 0.6 is 39.1 Å². The van der Waals surface area contributed by atoms with Gasteiger partial charge in [0.1, 0.15) is 12.3 Å². The predicted molar refractivity (Wildman–Crippen MR) is 120 cm³/mol. The zero-order valence-electron chi connectivity index (χ0n) is 15.9. The van der Waals surface area contributed by atoms with E-state index in [-0.39, 0.29) is 18.8 Å². The molecule has 30 heavy (non-hydrogen) atoms. The van der Waals surface area contributed by atoms with Gasteiger partial charge in [-0.2, -0.15) is 0 Å². The number of methoxy groups -OCH3 is 1. The molecule has 3 rings (SSSR count). The van der Waals surface area contributed by atoms with Gasteiger partial charge in [0.15, 0.2) is 11.5 Å². The van der Waals surface area contributed by atoms with E-state index in [4.69, 9.17) is 32.7 Å². The molecule has 0 radical (unpaired) electrons. The van der Waals surface area contributed by atoms with Crippen LogP contribution in [0, 0.1) is 0 Å². The quantitative estimate of drug-likeness (QED) is 0.306. The van der Waals surface area contributed by atoms with Gasteiger partial charge in [0.25, 0.3) is 5.91 Å². The van der Waals surface area contributed by atoms with Gasteiger partial charge >= 0.3 is 6.03 Å². The Morgan fingerprint density at radius 2 is 1.93 bits per heavy atom. The van der Waals surface area contributed by atoms with Gasteiger partial charge in [0, 0.05) is 11.0 Å².